The largest absolute Gasteiger partial charge is 0.325 e. The fourth-order valence-corrected chi connectivity index (χ4v) is 3.00. The highest BCUT2D eigenvalue weighted by Gasteiger charge is 2.20. The zero-order valence-corrected chi connectivity index (χ0v) is 14.1. The summed E-state index contributed by atoms with van der Waals surface area (Å²) in [7, 11) is -2.52. The first-order valence-electron chi connectivity index (χ1n) is 6.97. The lowest BCUT2D eigenvalue weighted by Crippen LogP contribution is -2.41. The Bertz CT molecular complexity index is 762. The molecule has 2 aromatic rings. The van der Waals surface area contributed by atoms with Crippen molar-refractivity contribution in [2.75, 3.05) is 11.4 Å². The molecule has 0 saturated heterocycles. The highest BCUT2D eigenvalue weighted by Crippen LogP contribution is 2.14. The lowest BCUT2D eigenvalue weighted by atomic mass is 10.1. The molecule has 2 rings (SSSR count). The predicted octanol–water partition coefficient (Wildman–Crippen LogP) is 2.77. The Labute approximate surface area is 141 Å². The van der Waals surface area contributed by atoms with E-state index in [0.717, 1.165) is 9.87 Å². The Hall–Kier alpha value is -2.05. The maximum absolute atomic E-state index is 12.2. The van der Waals surface area contributed by atoms with Crippen molar-refractivity contribution in [3.63, 3.8) is 0 Å². The maximum Gasteiger partial charge on any atom is 0.325 e. The van der Waals surface area contributed by atoms with Crippen molar-refractivity contribution in [1.82, 2.24) is 4.72 Å². The average Bonchev–Trinajstić information content (AvgIpc) is 2.54. The molecule has 0 radical (unpaired) electrons. The number of halogens is 1. The van der Waals surface area contributed by atoms with Crippen LogP contribution in [-0.4, -0.2) is 21.4 Å². The molecule has 0 aliphatic carbocycles. The Morgan fingerprint density at radius 2 is 1.70 bits per heavy atom. The summed E-state index contributed by atoms with van der Waals surface area (Å²) in [6.07, 6.45) is 0.511. The molecule has 0 fully saturated rings. The van der Waals surface area contributed by atoms with Crippen molar-refractivity contribution >= 4 is 33.4 Å². The van der Waals surface area contributed by atoms with Crippen LogP contribution in [-0.2, 0) is 21.4 Å². The van der Waals surface area contributed by atoms with Crippen LogP contribution in [0, 0.1) is 0 Å². The minimum atomic E-state index is -3.91. The second kappa shape index (κ2) is 7.48. The molecule has 1 amide bonds. The van der Waals surface area contributed by atoms with Gasteiger partial charge in [-0.3, -0.25) is 9.10 Å². The molecular weight excluding hydrogens is 336 g/mol. The number of anilines is 1. The van der Waals surface area contributed by atoms with Crippen molar-refractivity contribution in [1.29, 1.82) is 0 Å². The van der Waals surface area contributed by atoms with Gasteiger partial charge in [-0.2, -0.15) is 8.42 Å². The van der Waals surface area contributed by atoms with Gasteiger partial charge in [-0.1, -0.05) is 41.9 Å². The number of benzene rings is 2. The number of rotatable bonds is 6. The molecule has 0 aliphatic rings. The van der Waals surface area contributed by atoms with E-state index in [4.69, 9.17) is 11.6 Å². The van der Waals surface area contributed by atoms with Crippen LogP contribution in [0.25, 0.3) is 0 Å². The van der Waals surface area contributed by atoms with Gasteiger partial charge in [0.25, 0.3) is 0 Å². The second-order valence-corrected chi connectivity index (χ2v) is 7.10. The maximum atomic E-state index is 12.2. The van der Waals surface area contributed by atoms with E-state index in [-0.39, 0.29) is 6.42 Å². The van der Waals surface area contributed by atoms with Gasteiger partial charge < -0.3 is 0 Å². The number of carbonyl (C=O) groups is 1. The minimum absolute atomic E-state index is 0.0729. The first-order chi connectivity index (χ1) is 10.9. The van der Waals surface area contributed by atoms with Gasteiger partial charge in [-0.05, 0) is 36.2 Å². The number of hydrogen-bond acceptors (Lipinski definition) is 3. The van der Waals surface area contributed by atoms with Crippen LogP contribution in [0.4, 0.5) is 5.69 Å². The lowest BCUT2D eigenvalue weighted by Gasteiger charge is -2.19. The van der Waals surface area contributed by atoms with Crippen molar-refractivity contribution in [2.45, 2.75) is 12.8 Å². The number of hydrogen-bond donors (Lipinski definition) is 1. The number of aryl methyl sites for hydroxylation is 1. The van der Waals surface area contributed by atoms with E-state index < -0.39 is 16.1 Å². The number of amides is 1. The highest BCUT2D eigenvalue weighted by molar-refractivity contribution is 7.91. The van der Waals surface area contributed by atoms with E-state index in [1.165, 1.54) is 7.05 Å². The van der Waals surface area contributed by atoms with E-state index >= 15 is 0 Å². The summed E-state index contributed by atoms with van der Waals surface area (Å²) in [5.74, 6) is -0.553. The number of nitrogens with one attached hydrogen (secondary N) is 1. The Morgan fingerprint density at radius 1 is 1.09 bits per heavy atom. The number of nitrogens with zero attached hydrogens (tertiary/aromatic N) is 1. The molecule has 0 atom stereocenters. The summed E-state index contributed by atoms with van der Waals surface area (Å²) in [6, 6.07) is 15.6. The molecule has 122 valence electrons. The molecule has 1 N–H and O–H groups in total. The molecule has 23 heavy (non-hydrogen) atoms. The zero-order chi connectivity index (χ0) is 16.9. The molecule has 0 saturated carbocycles. The summed E-state index contributed by atoms with van der Waals surface area (Å²) in [4.78, 5) is 11.9. The fraction of sp³-hybridized carbons (Fsp3) is 0.188. The third-order valence-electron chi connectivity index (χ3n) is 3.28. The predicted molar refractivity (Wildman–Crippen MR) is 91.7 cm³/mol. The van der Waals surface area contributed by atoms with Crippen LogP contribution in [0.3, 0.4) is 0 Å². The molecule has 7 heteroatoms. The van der Waals surface area contributed by atoms with Gasteiger partial charge in [0.15, 0.2) is 0 Å². The molecule has 0 heterocycles. The summed E-state index contributed by atoms with van der Waals surface area (Å²) in [5.41, 5.74) is 1.39. The Morgan fingerprint density at radius 3 is 2.30 bits per heavy atom. The summed E-state index contributed by atoms with van der Waals surface area (Å²) in [5, 5.41) is 0.616. The quantitative estimate of drug-likeness (QED) is 0.869. The van der Waals surface area contributed by atoms with Gasteiger partial charge in [0.2, 0.25) is 5.91 Å². The van der Waals surface area contributed by atoms with Gasteiger partial charge in [0, 0.05) is 18.5 Å². The van der Waals surface area contributed by atoms with Gasteiger partial charge in [-0.25, -0.2) is 4.72 Å². The van der Waals surface area contributed by atoms with E-state index in [0.29, 0.717) is 17.1 Å². The van der Waals surface area contributed by atoms with Gasteiger partial charge in [-0.15, -0.1) is 0 Å². The topological polar surface area (TPSA) is 66.5 Å². The van der Waals surface area contributed by atoms with E-state index in [9.17, 15) is 13.2 Å². The van der Waals surface area contributed by atoms with E-state index in [1.807, 2.05) is 0 Å². The summed E-state index contributed by atoms with van der Waals surface area (Å²) >= 11 is 5.79. The van der Waals surface area contributed by atoms with Crippen molar-refractivity contribution in [3.8, 4) is 0 Å². The SMILES string of the molecule is CN(c1ccccc1)S(=O)(=O)NC(=O)CCc1ccc(Cl)cc1. The molecule has 2 aromatic carbocycles. The van der Waals surface area contributed by atoms with Gasteiger partial charge in [0.05, 0.1) is 5.69 Å². The first kappa shape index (κ1) is 17.3. The van der Waals surface area contributed by atoms with Crippen molar-refractivity contribution in [2.24, 2.45) is 0 Å². The van der Waals surface area contributed by atoms with Crippen LogP contribution < -0.4 is 9.03 Å². The number of carbonyl (C=O) groups excluding carboxylic acids is 1. The van der Waals surface area contributed by atoms with Crippen LogP contribution in [0.15, 0.2) is 54.6 Å². The smallest absolute Gasteiger partial charge is 0.274 e. The van der Waals surface area contributed by atoms with Crippen LogP contribution in [0.2, 0.25) is 5.02 Å². The zero-order valence-electron chi connectivity index (χ0n) is 12.6. The Kier molecular flexibility index (Phi) is 5.63. The molecule has 0 spiro atoms. The normalized spacial score (nSPS) is 11.0. The summed E-state index contributed by atoms with van der Waals surface area (Å²) in [6.45, 7) is 0. The monoisotopic (exact) mass is 352 g/mol. The first-order valence-corrected chi connectivity index (χ1v) is 8.79. The summed E-state index contributed by atoms with van der Waals surface area (Å²) < 4.78 is 27.5. The second-order valence-electron chi connectivity index (χ2n) is 4.96. The van der Waals surface area contributed by atoms with Crippen LogP contribution >= 0.6 is 11.6 Å². The standard InChI is InChI=1S/C16H17ClN2O3S/c1-19(15-5-3-2-4-6-15)23(21,22)18-16(20)12-9-13-7-10-14(17)11-8-13/h2-8,10-11H,9,12H2,1H3,(H,18,20). The number of para-hydroxylation sites is 1. The van der Waals surface area contributed by atoms with Gasteiger partial charge in [0.1, 0.15) is 0 Å². The minimum Gasteiger partial charge on any atom is -0.274 e. The molecule has 5 nitrogen and oxygen atoms in total. The van der Waals surface area contributed by atoms with Gasteiger partial charge >= 0.3 is 10.2 Å². The molecule has 0 aromatic heterocycles. The van der Waals surface area contributed by atoms with Crippen LogP contribution in [0.5, 0.6) is 0 Å². The Balaban J connectivity index is 1.94. The van der Waals surface area contributed by atoms with E-state index in [1.54, 1.807) is 54.6 Å². The average molecular weight is 353 g/mol. The lowest BCUT2D eigenvalue weighted by molar-refractivity contribution is -0.119. The van der Waals surface area contributed by atoms with Crippen LogP contribution in [0.1, 0.15) is 12.0 Å². The third-order valence-corrected chi connectivity index (χ3v) is 4.95. The molecular formula is C16H17ClN2O3S. The molecule has 0 unspecified atom stereocenters. The third kappa shape index (κ3) is 4.97. The van der Waals surface area contributed by atoms with E-state index in [2.05, 4.69) is 4.72 Å². The fourth-order valence-electron chi connectivity index (χ4n) is 1.95. The molecule has 0 aliphatic heterocycles. The van der Waals surface area contributed by atoms with Crippen molar-refractivity contribution in [3.05, 3.63) is 65.2 Å². The van der Waals surface area contributed by atoms with Crippen molar-refractivity contribution < 1.29 is 13.2 Å². The molecule has 0 bridgehead atoms. The highest BCUT2D eigenvalue weighted by atomic mass is 35.5.